The van der Waals surface area contributed by atoms with Gasteiger partial charge in [-0.2, -0.15) is 0 Å². The molecule has 0 spiro atoms. The van der Waals surface area contributed by atoms with Crippen LogP contribution in [0.15, 0.2) is 54.7 Å². The number of hydrogen-bond acceptors (Lipinski definition) is 2. The van der Waals surface area contributed by atoms with Gasteiger partial charge in [0.15, 0.2) is 0 Å². The molecule has 3 nitrogen and oxygen atoms in total. The maximum Gasteiger partial charge on any atom is 0.142 e. The summed E-state index contributed by atoms with van der Waals surface area (Å²) in [5.41, 5.74) is 9.05. The van der Waals surface area contributed by atoms with Crippen LogP contribution in [0, 0.1) is 6.92 Å². The Hall–Kier alpha value is -2.42. The summed E-state index contributed by atoms with van der Waals surface area (Å²) in [6.45, 7) is 3.52. The van der Waals surface area contributed by atoms with E-state index in [0.717, 1.165) is 12.3 Å². The van der Waals surface area contributed by atoms with E-state index in [0.29, 0.717) is 12.3 Å². The van der Waals surface area contributed by atoms with Crippen molar-refractivity contribution in [1.82, 2.24) is 4.57 Å². The Bertz CT molecular complexity index is 731. The number of nitrogen functional groups attached to an aromatic ring is 1. The number of benzene rings is 2. The van der Waals surface area contributed by atoms with Crippen LogP contribution in [0.5, 0.6) is 5.75 Å². The fraction of sp³-hybridized carbons (Fsp3) is 0.176. The van der Waals surface area contributed by atoms with Crippen molar-refractivity contribution >= 4 is 16.6 Å². The van der Waals surface area contributed by atoms with Crippen LogP contribution in [0.3, 0.4) is 0 Å². The molecular formula is C17H18N2O. The molecule has 0 atom stereocenters. The predicted octanol–water partition coefficient (Wildman–Crippen LogP) is 3.61. The van der Waals surface area contributed by atoms with Gasteiger partial charge in [-0.3, -0.25) is 0 Å². The van der Waals surface area contributed by atoms with Gasteiger partial charge in [-0.25, -0.2) is 0 Å². The fourth-order valence-corrected chi connectivity index (χ4v) is 2.35. The summed E-state index contributed by atoms with van der Waals surface area (Å²) in [5, 5.41) is 1.26. The summed E-state index contributed by atoms with van der Waals surface area (Å²) < 4.78 is 7.95. The maximum atomic E-state index is 5.86. The van der Waals surface area contributed by atoms with Crippen LogP contribution in [0.25, 0.3) is 10.9 Å². The minimum Gasteiger partial charge on any atom is -0.490 e. The lowest BCUT2D eigenvalue weighted by Gasteiger charge is -2.10. The summed E-state index contributed by atoms with van der Waals surface area (Å²) in [6.07, 6.45) is 2.10. The number of aromatic nitrogens is 1. The van der Waals surface area contributed by atoms with Crippen molar-refractivity contribution < 1.29 is 4.74 Å². The molecule has 2 aromatic carbocycles. The first-order valence-electron chi connectivity index (χ1n) is 6.77. The van der Waals surface area contributed by atoms with Gasteiger partial charge in [0.1, 0.15) is 12.4 Å². The number of aryl methyl sites for hydroxylation is 1. The molecule has 0 aliphatic heterocycles. The second-order valence-electron chi connectivity index (χ2n) is 4.96. The number of nitrogens with zero attached hydrogens (tertiary/aromatic N) is 1. The Morgan fingerprint density at radius 1 is 1.10 bits per heavy atom. The molecule has 3 rings (SSSR count). The molecular weight excluding hydrogens is 248 g/mol. The van der Waals surface area contributed by atoms with Crippen molar-refractivity contribution in [3.05, 3.63) is 60.3 Å². The Morgan fingerprint density at radius 3 is 2.80 bits per heavy atom. The number of nitrogens with two attached hydrogens (primary N) is 1. The molecule has 0 amide bonds. The van der Waals surface area contributed by atoms with Crippen molar-refractivity contribution in [3.8, 4) is 5.75 Å². The third kappa shape index (κ3) is 2.48. The first-order valence-corrected chi connectivity index (χ1v) is 6.77. The van der Waals surface area contributed by atoms with Crippen LogP contribution in [-0.4, -0.2) is 11.2 Å². The van der Waals surface area contributed by atoms with E-state index in [-0.39, 0.29) is 0 Å². The molecule has 0 radical (unpaired) electrons. The van der Waals surface area contributed by atoms with Crippen molar-refractivity contribution in [2.24, 2.45) is 0 Å². The van der Waals surface area contributed by atoms with Gasteiger partial charge in [-0.15, -0.1) is 0 Å². The molecule has 2 N–H and O–H groups in total. The molecule has 0 bridgehead atoms. The normalized spacial score (nSPS) is 10.8. The van der Waals surface area contributed by atoms with Crippen LogP contribution < -0.4 is 10.5 Å². The van der Waals surface area contributed by atoms with E-state index in [2.05, 4.69) is 42.0 Å². The van der Waals surface area contributed by atoms with Gasteiger partial charge in [0, 0.05) is 11.7 Å². The Kier molecular flexibility index (Phi) is 3.33. The molecule has 0 saturated heterocycles. The SMILES string of the molecule is Cc1ccc2ccn(CCOc3ccccc3N)c2c1. The topological polar surface area (TPSA) is 40.2 Å². The first-order chi connectivity index (χ1) is 9.74. The summed E-state index contributed by atoms with van der Waals surface area (Å²) in [6, 6.07) is 16.2. The van der Waals surface area contributed by atoms with Crippen molar-refractivity contribution in [2.45, 2.75) is 13.5 Å². The largest absolute Gasteiger partial charge is 0.490 e. The van der Waals surface area contributed by atoms with Gasteiger partial charge < -0.3 is 15.0 Å². The van der Waals surface area contributed by atoms with Gasteiger partial charge in [-0.1, -0.05) is 24.3 Å². The van der Waals surface area contributed by atoms with Crippen molar-refractivity contribution in [1.29, 1.82) is 0 Å². The van der Waals surface area contributed by atoms with E-state index in [1.54, 1.807) is 0 Å². The number of ether oxygens (including phenoxy) is 1. The third-order valence-corrected chi connectivity index (χ3v) is 3.44. The van der Waals surface area contributed by atoms with Gasteiger partial charge in [0.2, 0.25) is 0 Å². The van der Waals surface area contributed by atoms with Crippen molar-refractivity contribution in [3.63, 3.8) is 0 Å². The molecule has 3 heteroatoms. The van der Waals surface area contributed by atoms with E-state index in [1.165, 1.54) is 16.5 Å². The Morgan fingerprint density at radius 2 is 1.95 bits per heavy atom. The lowest BCUT2D eigenvalue weighted by Crippen LogP contribution is -2.08. The fourth-order valence-electron chi connectivity index (χ4n) is 2.35. The van der Waals surface area contributed by atoms with E-state index < -0.39 is 0 Å². The molecule has 0 aliphatic carbocycles. The van der Waals surface area contributed by atoms with Crippen LogP contribution in [0.1, 0.15) is 5.56 Å². The van der Waals surface area contributed by atoms with Crippen LogP contribution in [-0.2, 0) is 6.54 Å². The standard InChI is InChI=1S/C17H18N2O/c1-13-6-7-14-8-9-19(16(14)12-13)10-11-20-17-5-3-2-4-15(17)18/h2-9,12H,10-11,18H2,1H3. The average Bonchev–Trinajstić information content (AvgIpc) is 2.83. The van der Waals surface area contributed by atoms with Gasteiger partial charge >= 0.3 is 0 Å². The zero-order chi connectivity index (χ0) is 13.9. The van der Waals surface area contributed by atoms with E-state index in [4.69, 9.17) is 10.5 Å². The zero-order valence-electron chi connectivity index (χ0n) is 11.5. The van der Waals surface area contributed by atoms with Crippen LogP contribution in [0.2, 0.25) is 0 Å². The summed E-state index contributed by atoms with van der Waals surface area (Å²) >= 11 is 0. The highest BCUT2D eigenvalue weighted by Crippen LogP contribution is 2.20. The predicted molar refractivity (Wildman–Crippen MR) is 83.0 cm³/mol. The van der Waals surface area contributed by atoms with Crippen LogP contribution >= 0.6 is 0 Å². The summed E-state index contributed by atoms with van der Waals surface area (Å²) in [5.74, 6) is 0.750. The minimum absolute atomic E-state index is 0.603. The number of anilines is 1. The lowest BCUT2D eigenvalue weighted by molar-refractivity contribution is 0.302. The minimum atomic E-state index is 0.603. The number of hydrogen-bond donors (Lipinski definition) is 1. The molecule has 0 unspecified atom stereocenters. The van der Waals surface area contributed by atoms with Gasteiger partial charge in [0.05, 0.1) is 12.2 Å². The second-order valence-corrected chi connectivity index (χ2v) is 4.96. The summed E-state index contributed by atoms with van der Waals surface area (Å²) in [4.78, 5) is 0. The number of para-hydroxylation sites is 2. The second kappa shape index (κ2) is 5.29. The highest BCUT2D eigenvalue weighted by Gasteiger charge is 2.02. The molecule has 3 aromatic rings. The Labute approximate surface area is 118 Å². The average molecular weight is 266 g/mol. The number of fused-ring (bicyclic) bond motifs is 1. The van der Waals surface area contributed by atoms with Gasteiger partial charge in [-0.05, 0) is 42.1 Å². The quantitative estimate of drug-likeness (QED) is 0.733. The Balaban J connectivity index is 1.71. The molecule has 1 aromatic heterocycles. The monoisotopic (exact) mass is 266 g/mol. The van der Waals surface area contributed by atoms with E-state index in [1.807, 2.05) is 24.3 Å². The highest BCUT2D eigenvalue weighted by molar-refractivity contribution is 5.80. The van der Waals surface area contributed by atoms with Crippen molar-refractivity contribution in [2.75, 3.05) is 12.3 Å². The third-order valence-electron chi connectivity index (χ3n) is 3.44. The molecule has 0 fully saturated rings. The molecule has 1 heterocycles. The van der Waals surface area contributed by atoms with E-state index >= 15 is 0 Å². The number of rotatable bonds is 4. The molecule has 0 aliphatic rings. The van der Waals surface area contributed by atoms with E-state index in [9.17, 15) is 0 Å². The lowest BCUT2D eigenvalue weighted by atomic mass is 10.2. The summed E-state index contributed by atoms with van der Waals surface area (Å²) in [7, 11) is 0. The molecule has 102 valence electrons. The maximum absolute atomic E-state index is 5.86. The highest BCUT2D eigenvalue weighted by atomic mass is 16.5. The molecule has 0 saturated carbocycles. The first kappa shape index (κ1) is 12.6. The van der Waals surface area contributed by atoms with Crippen LogP contribution in [0.4, 0.5) is 5.69 Å². The smallest absolute Gasteiger partial charge is 0.142 e. The van der Waals surface area contributed by atoms with Gasteiger partial charge in [0.25, 0.3) is 0 Å². The molecule has 20 heavy (non-hydrogen) atoms. The zero-order valence-corrected chi connectivity index (χ0v) is 11.5.